The molecule has 0 atom stereocenters. The Morgan fingerprint density at radius 3 is 0.667 bits per heavy atom. The maximum atomic E-state index is 10.5. The van der Waals surface area contributed by atoms with Gasteiger partial charge in [0.1, 0.15) is 0 Å². The number of hydrogen-bond acceptors (Lipinski definition) is 8. The van der Waals surface area contributed by atoms with E-state index in [9.17, 15) is 39.6 Å². The molecule has 0 aromatic rings. The molecule has 1 rings (SSSR count). The number of carbonyl (C=O) groups excluding carboxylic acids is 4. The molecule has 88 valence electrons. The molecule has 1 aliphatic rings. The summed E-state index contributed by atoms with van der Waals surface area (Å²) in [6.45, 7) is 0. The van der Waals surface area contributed by atoms with Crippen molar-refractivity contribution in [3.05, 3.63) is 0 Å². The van der Waals surface area contributed by atoms with E-state index in [0.29, 0.717) is 0 Å². The minimum atomic E-state index is -1.97. The van der Waals surface area contributed by atoms with Gasteiger partial charge >= 0.3 is 46.1 Å². The predicted molar refractivity (Wildman–Crippen MR) is 45.5 cm³/mol. The van der Waals surface area contributed by atoms with Gasteiger partial charge in [-0.05, 0) is 0 Å². The molecule has 8 nitrogen and oxygen atoms in total. The van der Waals surface area contributed by atoms with Crippen LogP contribution in [0.1, 0.15) is 0 Å². The Hall–Kier alpha value is -0.588. The quantitative estimate of drug-likeness (QED) is 0.457. The predicted octanol–water partition coefficient (Wildman–Crippen LogP) is -7.30. The second kappa shape index (κ2) is 7.11. The first-order valence-corrected chi connectivity index (χ1v) is 4.12. The van der Waals surface area contributed by atoms with Crippen molar-refractivity contribution in [3.8, 4) is 0 Å². The maximum absolute atomic E-state index is 10.5. The SMILES string of the molecule is O=C([O-])C1C(C(=O)[O-])C(C(=O)[O-])C1C(=O)[O-].[Mg+2].[Mg+2]. The first-order chi connectivity index (χ1) is 7.29. The van der Waals surface area contributed by atoms with E-state index in [4.69, 9.17) is 0 Å². The second-order valence-corrected chi connectivity index (χ2v) is 3.38. The summed E-state index contributed by atoms with van der Waals surface area (Å²) < 4.78 is 0. The minimum Gasteiger partial charge on any atom is -0.550 e. The van der Waals surface area contributed by atoms with Crippen LogP contribution in [0, 0.1) is 23.7 Å². The van der Waals surface area contributed by atoms with E-state index in [1.807, 2.05) is 0 Å². The molecule has 0 bridgehead atoms. The van der Waals surface area contributed by atoms with Gasteiger partial charge in [-0.15, -0.1) is 0 Å². The molecular weight excluding hydrogens is 273 g/mol. The molecule has 0 aliphatic heterocycles. The number of carbonyl (C=O) groups is 4. The Balaban J connectivity index is 0. The van der Waals surface area contributed by atoms with Crippen LogP contribution in [0.2, 0.25) is 0 Å². The molecule has 1 fully saturated rings. The number of aliphatic carboxylic acids is 4. The molecule has 0 aromatic heterocycles. The van der Waals surface area contributed by atoms with E-state index < -0.39 is 47.5 Å². The molecular formula is C8H4Mg2O8. The van der Waals surface area contributed by atoms with Crippen molar-refractivity contribution >= 4 is 70.0 Å². The maximum Gasteiger partial charge on any atom is 2.00 e. The number of carboxylic acid groups (broad SMARTS) is 4. The molecule has 0 radical (unpaired) electrons. The van der Waals surface area contributed by atoms with Crippen LogP contribution >= 0.6 is 0 Å². The number of rotatable bonds is 4. The molecule has 0 unspecified atom stereocenters. The van der Waals surface area contributed by atoms with Gasteiger partial charge in [-0.1, -0.05) is 0 Å². The fraction of sp³-hybridized carbons (Fsp3) is 0.500. The van der Waals surface area contributed by atoms with Gasteiger partial charge in [-0.25, -0.2) is 0 Å². The second-order valence-electron chi connectivity index (χ2n) is 3.38. The molecule has 0 N–H and O–H groups in total. The van der Waals surface area contributed by atoms with E-state index >= 15 is 0 Å². The van der Waals surface area contributed by atoms with Gasteiger partial charge in [0.25, 0.3) is 0 Å². The van der Waals surface area contributed by atoms with Crippen LogP contribution in [0.3, 0.4) is 0 Å². The van der Waals surface area contributed by atoms with Crippen LogP contribution in [0.15, 0.2) is 0 Å². The fourth-order valence-corrected chi connectivity index (χ4v) is 1.92. The standard InChI is InChI=1S/C8H8O8.2Mg/c9-5(10)1-2(6(11)12)4(8(15)16)3(1)7(13)14;;/h1-4H,(H,9,10)(H,11,12)(H,13,14)(H,15,16);;/q;2*+2/p-4. The van der Waals surface area contributed by atoms with Crippen LogP contribution in [0.5, 0.6) is 0 Å². The zero-order chi connectivity index (χ0) is 12.6. The summed E-state index contributed by atoms with van der Waals surface area (Å²) in [5.74, 6) is -15.8. The van der Waals surface area contributed by atoms with Gasteiger partial charge in [0, 0.05) is 47.5 Å². The van der Waals surface area contributed by atoms with Gasteiger partial charge in [0.05, 0.1) is 0 Å². The summed E-state index contributed by atoms with van der Waals surface area (Å²) in [4.78, 5) is 41.9. The molecule has 1 saturated carbocycles. The largest absolute Gasteiger partial charge is 2.00 e. The first-order valence-electron chi connectivity index (χ1n) is 4.12. The molecule has 0 heterocycles. The van der Waals surface area contributed by atoms with E-state index in [0.717, 1.165) is 0 Å². The summed E-state index contributed by atoms with van der Waals surface area (Å²) in [6, 6.07) is 0. The van der Waals surface area contributed by atoms with Gasteiger partial charge in [0.15, 0.2) is 0 Å². The molecule has 0 aromatic carbocycles. The van der Waals surface area contributed by atoms with Crippen molar-refractivity contribution in [2.45, 2.75) is 0 Å². The number of hydrogen-bond donors (Lipinski definition) is 0. The number of carboxylic acids is 4. The summed E-state index contributed by atoms with van der Waals surface area (Å²) >= 11 is 0. The van der Waals surface area contributed by atoms with Crippen molar-refractivity contribution < 1.29 is 39.6 Å². The van der Waals surface area contributed by atoms with Crippen LogP contribution in [-0.2, 0) is 19.2 Å². The smallest absolute Gasteiger partial charge is 0.550 e. The van der Waals surface area contributed by atoms with E-state index in [2.05, 4.69) is 0 Å². The fourth-order valence-electron chi connectivity index (χ4n) is 1.92. The first kappa shape index (κ1) is 19.7. The van der Waals surface area contributed by atoms with E-state index in [1.54, 1.807) is 0 Å². The monoisotopic (exact) mass is 276 g/mol. The van der Waals surface area contributed by atoms with Crippen molar-refractivity contribution in [3.63, 3.8) is 0 Å². The third-order valence-corrected chi connectivity index (χ3v) is 2.64. The summed E-state index contributed by atoms with van der Waals surface area (Å²) in [5, 5.41) is 41.9. The third-order valence-electron chi connectivity index (χ3n) is 2.64. The molecule has 1 aliphatic carbocycles. The average molecular weight is 277 g/mol. The van der Waals surface area contributed by atoms with Gasteiger partial charge in [0.2, 0.25) is 0 Å². The van der Waals surface area contributed by atoms with Crippen molar-refractivity contribution in [1.29, 1.82) is 0 Å². The van der Waals surface area contributed by atoms with Gasteiger partial charge in [-0.3, -0.25) is 0 Å². The normalized spacial score (nSPS) is 28.9. The third kappa shape index (κ3) is 3.24. The Morgan fingerprint density at radius 2 is 0.611 bits per heavy atom. The molecule has 0 saturated heterocycles. The molecule has 18 heavy (non-hydrogen) atoms. The van der Waals surface area contributed by atoms with Crippen LogP contribution in [0.25, 0.3) is 0 Å². The molecule has 0 spiro atoms. The van der Waals surface area contributed by atoms with Gasteiger partial charge < -0.3 is 39.6 Å². The van der Waals surface area contributed by atoms with Crippen molar-refractivity contribution in [2.24, 2.45) is 23.7 Å². The van der Waals surface area contributed by atoms with Crippen LogP contribution in [-0.4, -0.2) is 70.0 Å². The van der Waals surface area contributed by atoms with E-state index in [-0.39, 0.29) is 46.1 Å². The zero-order valence-corrected chi connectivity index (χ0v) is 11.8. The Bertz CT molecular complexity index is 301. The van der Waals surface area contributed by atoms with Crippen molar-refractivity contribution in [1.82, 2.24) is 0 Å². The summed E-state index contributed by atoms with van der Waals surface area (Å²) in [6.07, 6.45) is 0. The topological polar surface area (TPSA) is 161 Å². The Kier molecular flexibility index (Phi) is 7.80. The molecule has 0 amide bonds. The Labute approximate surface area is 133 Å². The van der Waals surface area contributed by atoms with Crippen LogP contribution in [0.4, 0.5) is 0 Å². The van der Waals surface area contributed by atoms with Crippen LogP contribution < -0.4 is 20.4 Å². The Morgan fingerprint density at radius 1 is 0.500 bits per heavy atom. The van der Waals surface area contributed by atoms with Gasteiger partial charge in [-0.2, -0.15) is 0 Å². The summed E-state index contributed by atoms with van der Waals surface area (Å²) in [5.41, 5.74) is 0. The van der Waals surface area contributed by atoms with E-state index in [1.165, 1.54) is 0 Å². The average Bonchev–Trinajstić information content (AvgIpc) is 1.97. The summed E-state index contributed by atoms with van der Waals surface area (Å²) in [7, 11) is 0. The van der Waals surface area contributed by atoms with Crippen molar-refractivity contribution in [2.75, 3.05) is 0 Å². The molecule has 10 heteroatoms. The minimum absolute atomic E-state index is 0. The zero-order valence-electron chi connectivity index (χ0n) is 8.99.